The maximum atomic E-state index is 10.0. The van der Waals surface area contributed by atoms with E-state index in [0.29, 0.717) is 25.2 Å². The molecule has 4 nitrogen and oxygen atoms in total. The lowest BCUT2D eigenvalue weighted by atomic mass is 9.55. The van der Waals surface area contributed by atoms with E-state index in [-0.39, 0.29) is 11.0 Å². The molecule has 1 saturated carbocycles. The molecule has 3 fully saturated rings. The van der Waals surface area contributed by atoms with Crippen molar-refractivity contribution in [3.8, 4) is 5.75 Å². The summed E-state index contributed by atoms with van der Waals surface area (Å²) in [6.07, 6.45) is 4.84. The van der Waals surface area contributed by atoms with Crippen LogP contribution in [0.4, 0.5) is 0 Å². The molecule has 1 aromatic carbocycles. The first-order valence-electron chi connectivity index (χ1n) is 8.90. The van der Waals surface area contributed by atoms with Crippen molar-refractivity contribution in [2.45, 2.75) is 49.7 Å². The Morgan fingerprint density at radius 2 is 2.22 bits per heavy atom. The van der Waals surface area contributed by atoms with Crippen LogP contribution in [0.3, 0.4) is 0 Å². The van der Waals surface area contributed by atoms with Crippen LogP contribution in [0.1, 0.15) is 37.3 Å². The van der Waals surface area contributed by atoms with Crippen molar-refractivity contribution in [3.63, 3.8) is 0 Å². The predicted molar refractivity (Wildman–Crippen MR) is 86.5 cm³/mol. The Labute approximate surface area is 137 Å². The Morgan fingerprint density at radius 1 is 1.35 bits per heavy atom. The molecule has 3 atom stereocenters. The molecular weight excluding hydrogens is 290 g/mol. The Kier molecular flexibility index (Phi) is 2.92. The fraction of sp³-hybridized carbons (Fsp3) is 0.684. The van der Waals surface area contributed by atoms with Crippen LogP contribution < -0.4 is 0 Å². The molecule has 0 spiro atoms. The highest BCUT2D eigenvalue weighted by molar-refractivity contribution is 5.48. The Hall–Kier alpha value is -1.10. The summed E-state index contributed by atoms with van der Waals surface area (Å²) in [6, 6.07) is 6.30. The highest BCUT2D eigenvalue weighted by Crippen LogP contribution is 2.55. The molecule has 0 aromatic heterocycles. The number of ether oxygens (including phenoxy) is 2. The minimum absolute atomic E-state index is 0.123. The third kappa shape index (κ3) is 1.89. The van der Waals surface area contributed by atoms with Crippen molar-refractivity contribution in [2.24, 2.45) is 5.92 Å². The van der Waals surface area contributed by atoms with Gasteiger partial charge in [-0.15, -0.1) is 0 Å². The van der Waals surface area contributed by atoms with Crippen molar-refractivity contribution >= 4 is 0 Å². The van der Waals surface area contributed by atoms with Crippen molar-refractivity contribution in [3.05, 3.63) is 29.3 Å². The monoisotopic (exact) mass is 315 g/mol. The summed E-state index contributed by atoms with van der Waals surface area (Å²) in [5.41, 5.74) is 2.27. The SMILES string of the molecule is C[C@@]12OCOC[C@@]13CCN(CC1CC1)[C@@H]2Cc1ccc(O)cc13. The minimum Gasteiger partial charge on any atom is -0.508 e. The lowest BCUT2D eigenvalue weighted by molar-refractivity contribution is -0.274. The number of phenols is 1. The number of hydrogen-bond donors (Lipinski definition) is 1. The van der Waals surface area contributed by atoms with E-state index in [9.17, 15) is 5.11 Å². The summed E-state index contributed by atoms with van der Waals surface area (Å²) < 4.78 is 12.1. The maximum Gasteiger partial charge on any atom is 0.147 e. The smallest absolute Gasteiger partial charge is 0.147 e. The third-order valence-corrected chi connectivity index (χ3v) is 6.86. The van der Waals surface area contributed by atoms with Crippen LogP contribution in [0.15, 0.2) is 18.2 Å². The fourth-order valence-corrected chi connectivity index (χ4v) is 5.29. The molecular formula is C19H25NO3. The van der Waals surface area contributed by atoms with Crippen LogP contribution in [0.5, 0.6) is 5.75 Å². The van der Waals surface area contributed by atoms with Gasteiger partial charge in [0, 0.05) is 12.6 Å². The standard InChI is InChI=1S/C19H25NO3/c1-18-17-8-14-4-5-15(21)9-16(14)19(18,11-22-12-23-18)6-7-20(17)10-13-2-3-13/h4-5,9,13,17,21H,2-3,6-8,10-12H2,1H3/t17-,18+,19-/m1/s1. The molecule has 1 aromatic rings. The number of rotatable bonds is 2. The molecule has 4 aliphatic rings. The molecule has 0 unspecified atom stereocenters. The number of hydrogen-bond acceptors (Lipinski definition) is 4. The van der Waals surface area contributed by atoms with Crippen molar-refractivity contribution < 1.29 is 14.6 Å². The summed E-state index contributed by atoms with van der Waals surface area (Å²) in [6.45, 7) is 5.70. The van der Waals surface area contributed by atoms with E-state index in [4.69, 9.17) is 9.47 Å². The van der Waals surface area contributed by atoms with Gasteiger partial charge in [0.1, 0.15) is 12.5 Å². The highest BCUT2D eigenvalue weighted by atomic mass is 16.7. The number of likely N-dealkylation sites (tertiary alicyclic amines) is 1. The van der Waals surface area contributed by atoms with Crippen molar-refractivity contribution in [1.29, 1.82) is 0 Å². The Morgan fingerprint density at radius 3 is 3.04 bits per heavy atom. The number of piperidine rings is 1. The molecule has 1 N–H and O–H groups in total. The molecule has 23 heavy (non-hydrogen) atoms. The van der Waals surface area contributed by atoms with Crippen molar-refractivity contribution in [1.82, 2.24) is 4.90 Å². The first-order chi connectivity index (χ1) is 11.1. The summed E-state index contributed by atoms with van der Waals surface area (Å²) >= 11 is 0. The third-order valence-electron chi connectivity index (χ3n) is 6.86. The van der Waals surface area contributed by atoms with Gasteiger partial charge in [-0.25, -0.2) is 0 Å². The van der Waals surface area contributed by atoms with Crippen LogP contribution in [0, 0.1) is 5.92 Å². The van der Waals surface area contributed by atoms with Crippen LogP contribution >= 0.6 is 0 Å². The Bertz CT molecular complexity index is 644. The summed E-state index contributed by atoms with van der Waals surface area (Å²) in [7, 11) is 0. The summed E-state index contributed by atoms with van der Waals surface area (Å²) in [5, 5.41) is 10.0. The van der Waals surface area contributed by atoms with Gasteiger partial charge < -0.3 is 14.6 Å². The van der Waals surface area contributed by atoms with Gasteiger partial charge in [-0.1, -0.05) is 6.07 Å². The second kappa shape index (κ2) is 4.71. The first-order valence-corrected chi connectivity index (χ1v) is 8.90. The first kappa shape index (κ1) is 14.3. The lowest BCUT2D eigenvalue weighted by Gasteiger charge is -2.63. The zero-order valence-corrected chi connectivity index (χ0v) is 13.8. The lowest BCUT2D eigenvalue weighted by Crippen LogP contribution is -2.74. The highest BCUT2D eigenvalue weighted by Gasteiger charge is 2.63. The zero-order valence-electron chi connectivity index (χ0n) is 13.8. The topological polar surface area (TPSA) is 41.9 Å². The average molecular weight is 315 g/mol. The van der Waals surface area contributed by atoms with E-state index in [1.165, 1.54) is 30.5 Å². The minimum atomic E-state index is -0.223. The maximum absolute atomic E-state index is 10.0. The van der Waals surface area contributed by atoms with E-state index in [2.05, 4.69) is 17.9 Å². The van der Waals surface area contributed by atoms with Gasteiger partial charge in [-0.3, -0.25) is 4.90 Å². The van der Waals surface area contributed by atoms with E-state index in [1.54, 1.807) is 0 Å². The second-order valence-electron chi connectivity index (χ2n) is 8.05. The summed E-state index contributed by atoms with van der Waals surface area (Å²) in [5.74, 6) is 1.25. The molecule has 0 amide bonds. The van der Waals surface area contributed by atoms with Gasteiger partial charge in [0.05, 0.1) is 17.6 Å². The normalized spacial score (nSPS) is 39.6. The number of nitrogens with zero attached hydrogens (tertiary/aromatic N) is 1. The average Bonchev–Trinajstić information content (AvgIpc) is 3.34. The van der Waals surface area contributed by atoms with E-state index in [1.807, 2.05) is 12.1 Å². The molecule has 2 bridgehead atoms. The molecule has 2 heterocycles. The molecule has 2 aliphatic heterocycles. The predicted octanol–water partition coefficient (Wildman–Crippen LogP) is 2.43. The fourth-order valence-electron chi connectivity index (χ4n) is 5.29. The second-order valence-corrected chi connectivity index (χ2v) is 8.05. The molecule has 2 saturated heterocycles. The van der Waals surface area contributed by atoms with Crippen LogP contribution in [0.2, 0.25) is 0 Å². The Balaban J connectivity index is 1.64. The number of benzene rings is 1. The molecule has 124 valence electrons. The molecule has 0 radical (unpaired) electrons. The van der Waals surface area contributed by atoms with Crippen LogP contribution in [-0.4, -0.2) is 48.1 Å². The van der Waals surface area contributed by atoms with Crippen LogP contribution in [-0.2, 0) is 21.3 Å². The van der Waals surface area contributed by atoms with E-state index >= 15 is 0 Å². The number of aromatic hydroxyl groups is 1. The van der Waals surface area contributed by atoms with E-state index < -0.39 is 0 Å². The van der Waals surface area contributed by atoms with E-state index in [0.717, 1.165) is 25.3 Å². The molecule has 2 aliphatic carbocycles. The zero-order chi connectivity index (χ0) is 15.7. The van der Waals surface area contributed by atoms with Gasteiger partial charge in [0.2, 0.25) is 0 Å². The number of phenolic OH excluding ortho intramolecular Hbond substituents is 1. The van der Waals surface area contributed by atoms with Crippen molar-refractivity contribution in [2.75, 3.05) is 26.5 Å². The van der Waals surface area contributed by atoms with Crippen LogP contribution in [0.25, 0.3) is 0 Å². The van der Waals surface area contributed by atoms with Gasteiger partial charge in [-0.2, -0.15) is 0 Å². The molecule has 5 rings (SSSR count). The van der Waals surface area contributed by atoms with Gasteiger partial charge in [0.15, 0.2) is 0 Å². The van der Waals surface area contributed by atoms with Gasteiger partial charge in [-0.05, 0) is 68.3 Å². The molecule has 4 heteroatoms. The summed E-state index contributed by atoms with van der Waals surface area (Å²) in [4.78, 5) is 2.68. The van der Waals surface area contributed by atoms with Gasteiger partial charge in [0.25, 0.3) is 0 Å². The quantitative estimate of drug-likeness (QED) is 0.910. The van der Waals surface area contributed by atoms with Gasteiger partial charge >= 0.3 is 0 Å². The largest absolute Gasteiger partial charge is 0.508 e. The number of fused-ring (bicyclic) bond motifs is 1.